The van der Waals surface area contributed by atoms with Crippen LogP contribution in [0.3, 0.4) is 0 Å². The van der Waals surface area contributed by atoms with Gasteiger partial charge < -0.3 is 8.83 Å². The SMILES string of the molecule is Brc1ccc(-c2ncc(Br)o2)o1. The topological polar surface area (TPSA) is 39.2 Å². The lowest BCUT2D eigenvalue weighted by atomic mass is 10.4. The molecule has 2 aromatic heterocycles. The zero-order valence-electron chi connectivity index (χ0n) is 5.75. The van der Waals surface area contributed by atoms with E-state index >= 15 is 0 Å². The van der Waals surface area contributed by atoms with Crippen molar-refractivity contribution in [2.24, 2.45) is 0 Å². The lowest BCUT2D eigenvalue weighted by Crippen LogP contribution is -1.68. The first-order valence-electron chi connectivity index (χ1n) is 3.13. The Hall–Kier alpha value is -0.550. The Labute approximate surface area is 85.0 Å². The smallest absolute Gasteiger partial charge is 0.263 e. The van der Waals surface area contributed by atoms with Gasteiger partial charge in [0, 0.05) is 0 Å². The van der Waals surface area contributed by atoms with Gasteiger partial charge in [0.05, 0.1) is 6.20 Å². The zero-order valence-corrected chi connectivity index (χ0v) is 8.92. The number of hydrogen-bond donors (Lipinski definition) is 0. The molecule has 3 nitrogen and oxygen atoms in total. The van der Waals surface area contributed by atoms with Crippen molar-refractivity contribution in [3.8, 4) is 11.7 Å². The van der Waals surface area contributed by atoms with Gasteiger partial charge in [-0.2, -0.15) is 0 Å². The molecule has 62 valence electrons. The molecule has 0 aliphatic rings. The van der Waals surface area contributed by atoms with Crippen molar-refractivity contribution < 1.29 is 8.83 Å². The highest BCUT2D eigenvalue weighted by molar-refractivity contribution is 9.10. The summed E-state index contributed by atoms with van der Waals surface area (Å²) in [6.07, 6.45) is 1.58. The van der Waals surface area contributed by atoms with Crippen LogP contribution in [0.25, 0.3) is 11.7 Å². The van der Waals surface area contributed by atoms with E-state index in [-0.39, 0.29) is 0 Å². The van der Waals surface area contributed by atoms with Gasteiger partial charge in [0.2, 0.25) is 0 Å². The molecule has 12 heavy (non-hydrogen) atoms. The number of oxazole rings is 1. The maximum absolute atomic E-state index is 5.22. The molecule has 0 saturated carbocycles. The van der Waals surface area contributed by atoms with Crippen LogP contribution in [0.2, 0.25) is 0 Å². The largest absolute Gasteiger partial charge is 0.444 e. The number of aromatic nitrogens is 1. The van der Waals surface area contributed by atoms with E-state index in [0.29, 0.717) is 21.0 Å². The molecule has 0 aromatic carbocycles. The molecule has 0 saturated heterocycles. The average Bonchev–Trinajstić information content (AvgIpc) is 2.58. The number of rotatable bonds is 1. The van der Waals surface area contributed by atoms with Gasteiger partial charge in [0.15, 0.2) is 15.1 Å². The first-order valence-corrected chi connectivity index (χ1v) is 4.71. The fourth-order valence-corrected chi connectivity index (χ4v) is 1.36. The van der Waals surface area contributed by atoms with Crippen molar-refractivity contribution in [3.05, 3.63) is 27.7 Å². The van der Waals surface area contributed by atoms with Crippen molar-refractivity contribution in [2.45, 2.75) is 0 Å². The maximum Gasteiger partial charge on any atom is 0.263 e. The first-order chi connectivity index (χ1) is 5.75. The maximum atomic E-state index is 5.22. The van der Waals surface area contributed by atoms with Gasteiger partial charge in [-0.3, -0.25) is 0 Å². The van der Waals surface area contributed by atoms with E-state index in [1.807, 2.05) is 0 Å². The molecule has 5 heteroatoms. The van der Waals surface area contributed by atoms with Crippen molar-refractivity contribution >= 4 is 31.9 Å². The molecule has 0 bridgehead atoms. The number of nitrogens with zero attached hydrogens (tertiary/aromatic N) is 1. The zero-order chi connectivity index (χ0) is 8.55. The third kappa shape index (κ3) is 1.47. The molecule has 0 radical (unpaired) electrons. The average molecular weight is 293 g/mol. The molecule has 0 unspecified atom stereocenters. The summed E-state index contributed by atoms with van der Waals surface area (Å²) >= 11 is 6.34. The van der Waals surface area contributed by atoms with Gasteiger partial charge in [-0.15, -0.1) is 0 Å². The standard InChI is InChI=1S/C7H3Br2NO2/c8-5-2-1-4(11-5)7-10-3-6(9)12-7/h1-3H. The van der Waals surface area contributed by atoms with E-state index in [0.717, 1.165) is 0 Å². The highest BCUT2D eigenvalue weighted by Crippen LogP contribution is 2.25. The predicted molar refractivity (Wildman–Crippen MR) is 49.6 cm³/mol. The normalized spacial score (nSPS) is 10.5. The number of furan rings is 1. The van der Waals surface area contributed by atoms with Crippen molar-refractivity contribution in [3.63, 3.8) is 0 Å². The summed E-state index contributed by atoms with van der Waals surface area (Å²) in [6, 6.07) is 3.57. The van der Waals surface area contributed by atoms with Crippen LogP contribution in [-0.4, -0.2) is 4.98 Å². The summed E-state index contributed by atoms with van der Waals surface area (Å²) in [5, 5.41) is 0. The minimum absolute atomic E-state index is 0.465. The molecule has 0 atom stereocenters. The molecule has 0 amide bonds. The highest BCUT2D eigenvalue weighted by Gasteiger charge is 2.08. The van der Waals surface area contributed by atoms with Gasteiger partial charge in [-0.1, -0.05) is 0 Å². The molecule has 2 rings (SSSR count). The molecule has 2 aromatic rings. The Morgan fingerprint density at radius 3 is 2.42 bits per heavy atom. The monoisotopic (exact) mass is 291 g/mol. The van der Waals surface area contributed by atoms with Crippen LogP contribution in [0.4, 0.5) is 0 Å². The molecular formula is C7H3Br2NO2. The molecule has 0 aliphatic carbocycles. The number of halogens is 2. The van der Waals surface area contributed by atoms with E-state index in [1.54, 1.807) is 18.3 Å². The van der Waals surface area contributed by atoms with Crippen LogP contribution in [0.15, 0.2) is 36.5 Å². The quantitative estimate of drug-likeness (QED) is 0.808. The van der Waals surface area contributed by atoms with Gasteiger partial charge >= 0.3 is 0 Å². The summed E-state index contributed by atoms with van der Waals surface area (Å²) in [4.78, 5) is 3.97. The van der Waals surface area contributed by atoms with Crippen LogP contribution in [-0.2, 0) is 0 Å². The van der Waals surface area contributed by atoms with Crippen LogP contribution in [0, 0.1) is 0 Å². The van der Waals surface area contributed by atoms with E-state index in [4.69, 9.17) is 8.83 Å². The van der Waals surface area contributed by atoms with Gasteiger partial charge in [0.1, 0.15) is 0 Å². The summed E-state index contributed by atoms with van der Waals surface area (Å²) in [5.74, 6) is 1.07. The number of hydrogen-bond acceptors (Lipinski definition) is 3. The van der Waals surface area contributed by atoms with Gasteiger partial charge in [-0.25, -0.2) is 4.98 Å². The second-order valence-corrected chi connectivity index (χ2v) is 3.64. The fourth-order valence-electron chi connectivity index (χ4n) is 0.798. The van der Waals surface area contributed by atoms with Crippen molar-refractivity contribution in [2.75, 3.05) is 0 Å². The second-order valence-electron chi connectivity index (χ2n) is 2.07. The van der Waals surface area contributed by atoms with Crippen LogP contribution >= 0.6 is 31.9 Å². The third-order valence-corrected chi connectivity index (χ3v) is 2.05. The summed E-state index contributed by atoms with van der Waals surface area (Å²) in [6.45, 7) is 0. The summed E-state index contributed by atoms with van der Waals surface area (Å²) in [7, 11) is 0. The molecular weight excluding hydrogens is 290 g/mol. The van der Waals surface area contributed by atoms with Crippen molar-refractivity contribution in [1.82, 2.24) is 4.98 Å². The Bertz CT molecular complexity index is 355. The van der Waals surface area contributed by atoms with Crippen molar-refractivity contribution in [1.29, 1.82) is 0 Å². The highest BCUT2D eigenvalue weighted by atomic mass is 79.9. The van der Waals surface area contributed by atoms with Gasteiger partial charge in [0.25, 0.3) is 5.89 Å². The predicted octanol–water partition coefficient (Wildman–Crippen LogP) is 3.46. The minimum Gasteiger partial charge on any atom is -0.444 e. The van der Waals surface area contributed by atoms with E-state index in [1.165, 1.54) is 0 Å². The minimum atomic E-state index is 0.465. The molecule has 2 heterocycles. The Kier molecular flexibility index (Phi) is 2.06. The first kappa shape index (κ1) is 8.07. The molecule has 0 spiro atoms. The fraction of sp³-hybridized carbons (Fsp3) is 0. The van der Waals surface area contributed by atoms with Gasteiger partial charge in [-0.05, 0) is 44.0 Å². The Balaban J connectivity index is 2.43. The molecule has 0 N–H and O–H groups in total. The van der Waals surface area contributed by atoms with E-state index in [2.05, 4.69) is 36.8 Å². The summed E-state index contributed by atoms with van der Waals surface area (Å²) in [5.41, 5.74) is 0. The van der Waals surface area contributed by atoms with Crippen LogP contribution < -0.4 is 0 Å². The Morgan fingerprint density at radius 2 is 1.92 bits per heavy atom. The second kappa shape index (κ2) is 3.06. The lowest BCUT2D eigenvalue weighted by Gasteiger charge is -1.85. The van der Waals surface area contributed by atoms with E-state index in [9.17, 15) is 0 Å². The lowest BCUT2D eigenvalue weighted by molar-refractivity contribution is 0.494. The Morgan fingerprint density at radius 1 is 1.08 bits per heavy atom. The third-order valence-electron chi connectivity index (χ3n) is 1.26. The molecule has 0 aliphatic heterocycles. The summed E-state index contributed by atoms with van der Waals surface area (Å²) < 4.78 is 11.6. The van der Waals surface area contributed by atoms with Crippen LogP contribution in [0.5, 0.6) is 0 Å². The molecule has 0 fully saturated rings. The van der Waals surface area contributed by atoms with Crippen LogP contribution in [0.1, 0.15) is 0 Å². The van der Waals surface area contributed by atoms with E-state index < -0.39 is 0 Å².